The first-order valence-electron chi connectivity index (χ1n) is 9.21. The third kappa shape index (κ3) is 4.51. The van der Waals surface area contributed by atoms with Gasteiger partial charge in [-0.2, -0.15) is 0 Å². The first kappa shape index (κ1) is 20.3. The van der Waals surface area contributed by atoms with E-state index in [0.29, 0.717) is 40.2 Å². The molecule has 0 unspecified atom stereocenters. The van der Waals surface area contributed by atoms with E-state index in [1.807, 2.05) is 37.2 Å². The molecule has 148 valence electrons. The molecule has 1 heterocycles. The van der Waals surface area contributed by atoms with Crippen LogP contribution in [0.2, 0.25) is 0 Å². The molecule has 28 heavy (non-hydrogen) atoms. The normalized spacial score (nSPS) is 11.3. The second kappa shape index (κ2) is 9.17. The highest BCUT2D eigenvalue weighted by molar-refractivity contribution is 7.97. The van der Waals surface area contributed by atoms with Crippen LogP contribution in [0.25, 0.3) is 11.0 Å². The number of carbonyl (C=O) groups excluding carboxylic acids is 1. The third-order valence-electron chi connectivity index (χ3n) is 4.31. The fourth-order valence-corrected chi connectivity index (χ4v) is 4.05. The van der Waals surface area contributed by atoms with Crippen molar-refractivity contribution in [3.63, 3.8) is 0 Å². The number of aromatic hydroxyl groups is 1. The minimum absolute atomic E-state index is 0.149. The van der Waals surface area contributed by atoms with Gasteiger partial charge in [0.05, 0.1) is 12.4 Å². The average molecular weight is 400 g/mol. The Morgan fingerprint density at radius 2 is 1.89 bits per heavy atom. The summed E-state index contributed by atoms with van der Waals surface area (Å²) in [5, 5.41) is 11.0. The summed E-state index contributed by atoms with van der Waals surface area (Å²) in [6.45, 7) is 2.55. The first-order valence-corrected chi connectivity index (χ1v) is 10.4. The van der Waals surface area contributed by atoms with Crippen molar-refractivity contribution in [3.05, 3.63) is 64.9 Å². The Bertz CT molecular complexity index is 950. The second-order valence-electron chi connectivity index (χ2n) is 6.77. The number of esters is 1. The Hall–Kier alpha value is -2.44. The highest BCUT2D eigenvalue weighted by atomic mass is 32.2. The zero-order chi connectivity index (χ0) is 20.1. The van der Waals surface area contributed by atoms with E-state index in [9.17, 15) is 9.90 Å². The number of carbonyl (C=O) groups is 1. The lowest BCUT2D eigenvalue weighted by Gasteiger charge is -2.13. The summed E-state index contributed by atoms with van der Waals surface area (Å²) in [4.78, 5) is 14.7. The number of ether oxygens (including phenoxy) is 1. The van der Waals surface area contributed by atoms with E-state index < -0.39 is 5.97 Å². The predicted octanol–water partition coefficient (Wildman–Crippen LogP) is 4.81. The molecule has 0 saturated heterocycles. The highest BCUT2D eigenvalue weighted by Gasteiger charge is 2.25. The van der Waals surface area contributed by atoms with Crippen molar-refractivity contribution >= 4 is 28.7 Å². The van der Waals surface area contributed by atoms with Crippen molar-refractivity contribution in [1.82, 2.24) is 4.90 Å². The molecule has 1 aromatic heterocycles. The number of benzene rings is 2. The van der Waals surface area contributed by atoms with Gasteiger partial charge < -0.3 is 19.2 Å². The molecule has 0 aliphatic carbocycles. The van der Waals surface area contributed by atoms with Crippen LogP contribution >= 0.6 is 11.8 Å². The Balaban J connectivity index is 1.98. The van der Waals surface area contributed by atoms with Gasteiger partial charge in [-0.25, -0.2) is 4.79 Å². The van der Waals surface area contributed by atoms with Crippen molar-refractivity contribution in [1.29, 1.82) is 0 Å². The second-order valence-corrected chi connectivity index (χ2v) is 7.76. The number of phenolic OH excluding ortho intramolecular Hbond substituents is 1. The zero-order valence-electron chi connectivity index (χ0n) is 16.4. The topological polar surface area (TPSA) is 62.9 Å². The minimum Gasteiger partial charge on any atom is -0.508 e. The van der Waals surface area contributed by atoms with Crippen molar-refractivity contribution < 1.29 is 19.1 Å². The van der Waals surface area contributed by atoms with Crippen LogP contribution in [0.5, 0.6) is 5.75 Å². The standard InChI is InChI=1S/C22H25NO4S/c1-4-26-22(25)21-19(14-28-13-15-8-6-5-7-9-15)27-18-11-10-17(24)16(20(18)21)12-23(2)3/h5-11,24H,4,12-14H2,1-3H3. The predicted molar refractivity (Wildman–Crippen MR) is 113 cm³/mol. The van der Waals surface area contributed by atoms with E-state index in [1.54, 1.807) is 30.8 Å². The molecule has 0 aliphatic rings. The molecular formula is C22H25NO4S. The van der Waals surface area contributed by atoms with Gasteiger partial charge in [0.2, 0.25) is 0 Å². The molecule has 0 spiro atoms. The third-order valence-corrected chi connectivity index (χ3v) is 5.31. The lowest BCUT2D eigenvalue weighted by Crippen LogP contribution is -2.12. The van der Waals surface area contributed by atoms with Gasteiger partial charge in [0.1, 0.15) is 22.7 Å². The number of nitrogens with zero attached hydrogens (tertiary/aromatic N) is 1. The molecule has 5 nitrogen and oxygen atoms in total. The molecule has 0 bridgehead atoms. The first-order chi connectivity index (χ1) is 13.5. The van der Waals surface area contributed by atoms with E-state index in [-0.39, 0.29) is 12.4 Å². The van der Waals surface area contributed by atoms with Gasteiger partial charge >= 0.3 is 5.97 Å². The summed E-state index contributed by atoms with van der Waals surface area (Å²) in [6.07, 6.45) is 0. The highest BCUT2D eigenvalue weighted by Crippen LogP contribution is 2.36. The molecule has 3 rings (SSSR count). The van der Waals surface area contributed by atoms with Crippen LogP contribution in [0, 0.1) is 0 Å². The molecule has 0 fully saturated rings. The van der Waals surface area contributed by atoms with E-state index in [2.05, 4.69) is 12.1 Å². The Labute approximate surface area is 169 Å². The number of phenols is 1. The lowest BCUT2D eigenvalue weighted by atomic mass is 10.0. The Morgan fingerprint density at radius 1 is 1.14 bits per heavy atom. The molecule has 1 N–H and O–H groups in total. The van der Waals surface area contributed by atoms with Gasteiger partial charge in [-0.15, -0.1) is 11.8 Å². The SMILES string of the molecule is CCOC(=O)c1c(CSCc2ccccc2)oc2ccc(O)c(CN(C)C)c12. The molecular weight excluding hydrogens is 374 g/mol. The summed E-state index contributed by atoms with van der Waals surface area (Å²) < 4.78 is 11.3. The Morgan fingerprint density at radius 3 is 2.57 bits per heavy atom. The van der Waals surface area contributed by atoms with E-state index >= 15 is 0 Å². The quantitative estimate of drug-likeness (QED) is 0.549. The van der Waals surface area contributed by atoms with Gasteiger partial charge in [0, 0.05) is 23.2 Å². The van der Waals surface area contributed by atoms with E-state index in [0.717, 1.165) is 5.75 Å². The average Bonchev–Trinajstić information content (AvgIpc) is 3.04. The van der Waals surface area contributed by atoms with Crippen LogP contribution in [-0.4, -0.2) is 36.7 Å². The van der Waals surface area contributed by atoms with Crippen LogP contribution in [0.1, 0.15) is 34.2 Å². The molecule has 0 radical (unpaired) electrons. The maximum Gasteiger partial charge on any atom is 0.342 e. The van der Waals surface area contributed by atoms with E-state index in [1.165, 1.54) is 5.56 Å². The molecule has 0 aliphatic heterocycles. The summed E-state index contributed by atoms with van der Waals surface area (Å²) in [6, 6.07) is 13.5. The summed E-state index contributed by atoms with van der Waals surface area (Å²) in [5.74, 6) is 1.67. The van der Waals surface area contributed by atoms with Crippen LogP contribution in [-0.2, 0) is 22.8 Å². The van der Waals surface area contributed by atoms with Crippen LogP contribution in [0.15, 0.2) is 46.9 Å². The molecule has 3 aromatic rings. The molecule has 0 amide bonds. The summed E-state index contributed by atoms with van der Waals surface area (Å²) in [7, 11) is 3.83. The largest absolute Gasteiger partial charge is 0.508 e. The fourth-order valence-electron chi connectivity index (χ4n) is 3.13. The summed E-state index contributed by atoms with van der Waals surface area (Å²) >= 11 is 1.67. The number of fused-ring (bicyclic) bond motifs is 1. The molecule has 0 atom stereocenters. The van der Waals surface area contributed by atoms with Crippen LogP contribution < -0.4 is 0 Å². The number of thioether (sulfide) groups is 1. The Kier molecular flexibility index (Phi) is 6.65. The van der Waals surface area contributed by atoms with Gasteiger partial charge in [-0.1, -0.05) is 30.3 Å². The van der Waals surface area contributed by atoms with Gasteiger partial charge in [0.25, 0.3) is 0 Å². The van der Waals surface area contributed by atoms with Crippen LogP contribution in [0.4, 0.5) is 0 Å². The smallest absolute Gasteiger partial charge is 0.342 e. The number of hydrogen-bond acceptors (Lipinski definition) is 6. The zero-order valence-corrected chi connectivity index (χ0v) is 17.2. The maximum absolute atomic E-state index is 12.7. The van der Waals surface area contributed by atoms with Gasteiger partial charge in [-0.05, 0) is 38.7 Å². The van der Waals surface area contributed by atoms with Gasteiger partial charge in [-0.3, -0.25) is 0 Å². The number of rotatable bonds is 8. The number of hydrogen-bond donors (Lipinski definition) is 1. The molecule has 0 saturated carbocycles. The van der Waals surface area contributed by atoms with Crippen molar-refractivity contribution in [2.75, 3.05) is 20.7 Å². The molecule has 6 heteroatoms. The van der Waals surface area contributed by atoms with E-state index in [4.69, 9.17) is 9.15 Å². The molecule has 2 aromatic carbocycles. The van der Waals surface area contributed by atoms with Gasteiger partial charge in [0.15, 0.2) is 0 Å². The fraction of sp³-hybridized carbons (Fsp3) is 0.318. The van der Waals surface area contributed by atoms with Crippen LogP contribution in [0.3, 0.4) is 0 Å². The van der Waals surface area contributed by atoms with Crippen molar-refractivity contribution in [2.24, 2.45) is 0 Å². The minimum atomic E-state index is -0.415. The summed E-state index contributed by atoms with van der Waals surface area (Å²) in [5.41, 5.74) is 2.90. The van der Waals surface area contributed by atoms with Crippen molar-refractivity contribution in [2.45, 2.75) is 25.0 Å². The maximum atomic E-state index is 12.7. The van der Waals surface area contributed by atoms with Crippen molar-refractivity contribution in [3.8, 4) is 5.75 Å². The number of furan rings is 1. The monoisotopic (exact) mass is 399 g/mol. The lowest BCUT2D eigenvalue weighted by molar-refractivity contribution is 0.0526.